The van der Waals surface area contributed by atoms with Crippen LogP contribution in [0.1, 0.15) is 50.2 Å². The third-order valence-electron chi connectivity index (χ3n) is 6.13. The first-order chi connectivity index (χ1) is 19.3. The SMILES string of the molecule is CCCCCCC(F)(F)C(F)(F)C(F)(F)C(=O)O.Oc1ccc(N(Cc2ccccc2)NCc2ccccc2)cc1. The van der Waals surface area contributed by atoms with E-state index in [9.17, 15) is 36.2 Å². The van der Waals surface area contributed by atoms with Crippen LogP contribution in [0.15, 0.2) is 84.9 Å². The normalized spacial score (nSPS) is 11.9. The number of phenolic OH excluding ortho intramolecular Hbond substituents is 1. The van der Waals surface area contributed by atoms with Crippen LogP contribution in [0, 0.1) is 0 Å². The molecular weight excluding hydrogens is 550 g/mol. The van der Waals surface area contributed by atoms with Gasteiger partial charge in [-0.25, -0.2) is 10.2 Å². The molecular formula is C30H34F6N2O3. The van der Waals surface area contributed by atoms with Crippen molar-refractivity contribution < 1.29 is 41.4 Å². The Labute approximate surface area is 235 Å². The summed E-state index contributed by atoms with van der Waals surface area (Å²) in [6.07, 6.45) is -0.472. The molecule has 41 heavy (non-hydrogen) atoms. The highest BCUT2D eigenvalue weighted by Crippen LogP contribution is 2.48. The van der Waals surface area contributed by atoms with Crippen molar-refractivity contribution in [1.29, 1.82) is 0 Å². The molecule has 3 aromatic carbocycles. The molecule has 3 aromatic rings. The Bertz CT molecular complexity index is 1180. The summed E-state index contributed by atoms with van der Waals surface area (Å²) >= 11 is 0. The minimum atomic E-state index is -5.90. The molecule has 0 radical (unpaired) electrons. The molecule has 0 aliphatic heterocycles. The molecule has 3 N–H and O–H groups in total. The van der Waals surface area contributed by atoms with E-state index >= 15 is 0 Å². The third kappa shape index (κ3) is 9.70. The Hall–Kier alpha value is -3.73. The van der Waals surface area contributed by atoms with Gasteiger partial charge < -0.3 is 15.2 Å². The van der Waals surface area contributed by atoms with Gasteiger partial charge in [0.25, 0.3) is 0 Å². The molecule has 0 saturated heterocycles. The lowest BCUT2D eigenvalue weighted by Gasteiger charge is -2.30. The molecule has 0 heterocycles. The summed E-state index contributed by atoms with van der Waals surface area (Å²) in [4.78, 5) is 9.93. The van der Waals surface area contributed by atoms with Crippen LogP contribution in [0.2, 0.25) is 0 Å². The van der Waals surface area contributed by atoms with E-state index in [1.165, 1.54) is 11.1 Å². The Morgan fingerprint density at radius 1 is 0.780 bits per heavy atom. The topological polar surface area (TPSA) is 72.8 Å². The number of carbonyl (C=O) groups is 1. The molecule has 0 aliphatic rings. The molecule has 0 saturated carbocycles. The highest BCUT2D eigenvalue weighted by Gasteiger charge is 2.74. The van der Waals surface area contributed by atoms with Crippen molar-refractivity contribution in [2.24, 2.45) is 0 Å². The average Bonchev–Trinajstić information content (AvgIpc) is 2.95. The van der Waals surface area contributed by atoms with Crippen LogP contribution in [0.4, 0.5) is 32.0 Å². The number of anilines is 1. The fourth-order valence-corrected chi connectivity index (χ4v) is 3.71. The first-order valence-corrected chi connectivity index (χ1v) is 13.1. The van der Waals surface area contributed by atoms with Gasteiger partial charge in [-0.05, 0) is 41.8 Å². The van der Waals surface area contributed by atoms with Gasteiger partial charge in [0.15, 0.2) is 0 Å². The summed E-state index contributed by atoms with van der Waals surface area (Å²) in [5, 5.41) is 19.5. The van der Waals surface area contributed by atoms with E-state index in [0.717, 1.165) is 18.8 Å². The smallest absolute Gasteiger partial charge is 0.410 e. The van der Waals surface area contributed by atoms with E-state index in [1.54, 1.807) is 19.1 Å². The molecule has 0 atom stereocenters. The van der Waals surface area contributed by atoms with Crippen LogP contribution in [0.25, 0.3) is 0 Å². The zero-order valence-electron chi connectivity index (χ0n) is 22.6. The largest absolute Gasteiger partial charge is 0.508 e. The molecule has 0 unspecified atom stereocenters. The number of phenols is 1. The Morgan fingerprint density at radius 3 is 1.83 bits per heavy atom. The van der Waals surface area contributed by atoms with Gasteiger partial charge >= 0.3 is 23.7 Å². The maximum atomic E-state index is 13.0. The number of hydrazine groups is 1. The van der Waals surface area contributed by atoms with E-state index in [-0.39, 0.29) is 18.6 Å². The maximum Gasteiger partial charge on any atom is 0.410 e. The van der Waals surface area contributed by atoms with Gasteiger partial charge in [0.05, 0.1) is 12.2 Å². The fraction of sp³-hybridized carbons (Fsp3) is 0.367. The molecule has 0 bridgehead atoms. The van der Waals surface area contributed by atoms with Crippen LogP contribution in [-0.2, 0) is 17.9 Å². The average molecular weight is 585 g/mol. The van der Waals surface area contributed by atoms with Crippen molar-refractivity contribution >= 4 is 11.7 Å². The van der Waals surface area contributed by atoms with E-state index in [4.69, 9.17) is 5.11 Å². The molecule has 5 nitrogen and oxygen atoms in total. The van der Waals surface area contributed by atoms with Gasteiger partial charge in [0.2, 0.25) is 0 Å². The number of nitrogens with one attached hydrogen (secondary N) is 1. The quantitative estimate of drug-likeness (QED) is 0.102. The molecule has 224 valence electrons. The predicted octanol–water partition coefficient (Wildman–Crippen LogP) is 8.05. The highest BCUT2D eigenvalue weighted by molar-refractivity contribution is 5.77. The number of hydrogen-bond donors (Lipinski definition) is 3. The van der Waals surface area contributed by atoms with Crippen molar-refractivity contribution in [2.75, 3.05) is 5.01 Å². The first-order valence-electron chi connectivity index (χ1n) is 13.1. The van der Waals surface area contributed by atoms with Crippen LogP contribution < -0.4 is 10.4 Å². The Balaban J connectivity index is 0.000000298. The van der Waals surface area contributed by atoms with Gasteiger partial charge in [0.1, 0.15) is 5.75 Å². The first kappa shape index (κ1) is 33.5. The second kappa shape index (κ2) is 15.3. The van der Waals surface area contributed by atoms with Gasteiger partial charge in [-0.15, -0.1) is 0 Å². The van der Waals surface area contributed by atoms with Gasteiger partial charge in [-0.1, -0.05) is 86.8 Å². The zero-order valence-corrected chi connectivity index (χ0v) is 22.6. The monoisotopic (exact) mass is 584 g/mol. The lowest BCUT2D eigenvalue weighted by molar-refractivity contribution is -0.305. The van der Waals surface area contributed by atoms with Crippen molar-refractivity contribution in [2.45, 2.75) is 69.9 Å². The van der Waals surface area contributed by atoms with Crippen LogP contribution in [0.3, 0.4) is 0 Å². The number of benzene rings is 3. The molecule has 3 rings (SSSR count). The van der Waals surface area contributed by atoms with E-state index < -0.39 is 30.2 Å². The molecule has 0 aliphatic carbocycles. The molecule has 0 amide bonds. The van der Waals surface area contributed by atoms with Crippen LogP contribution in [-0.4, -0.2) is 33.9 Å². The highest BCUT2D eigenvalue weighted by atomic mass is 19.3. The molecule has 0 spiro atoms. The second-order valence-corrected chi connectivity index (χ2v) is 9.38. The number of nitrogens with zero attached hydrogens (tertiary/aromatic N) is 1. The number of carboxylic acids is 1. The third-order valence-corrected chi connectivity index (χ3v) is 6.13. The minimum Gasteiger partial charge on any atom is -0.508 e. The van der Waals surface area contributed by atoms with Crippen molar-refractivity contribution in [1.82, 2.24) is 5.43 Å². The van der Waals surface area contributed by atoms with E-state index in [1.807, 2.05) is 48.5 Å². The number of hydrogen-bond acceptors (Lipinski definition) is 4. The van der Waals surface area contributed by atoms with Crippen LogP contribution >= 0.6 is 0 Å². The van der Waals surface area contributed by atoms with Crippen molar-refractivity contribution in [3.63, 3.8) is 0 Å². The minimum absolute atomic E-state index is 0.195. The number of alkyl halides is 6. The van der Waals surface area contributed by atoms with E-state index in [2.05, 4.69) is 34.7 Å². The summed E-state index contributed by atoms with van der Waals surface area (Å²) in [5.41, 5.74) is 6.94. The van der Waals surface area contributed by atoms with Gasteiger partial charge in [-0.2, -0.15) is 26.3 Å². The number of rotatable bonds is 14. The number of aliphatic carboxylic acids is 1. The summed E-state index contributed by atoms with van der Waals surface area (Å²) in [6, 6.07) is 27.9. The maximum absolute atomic E-state index is 13.0. The lowest BCUT2D eigenvalue weighted by atomic mass is 9.98. The fourth-order valence-electron chi connectivity index (χ4n) is 3.71. The second-order valence-electron chi connectivity index (χ2n) is 9.38. The lowest BCUT2D eigenvalue weighted by Crippen LogP contribution is -2.57. The molecule has 0 fully saturated rings. The van der Waals surface area contributed by atoms with Gasteiger partial charge in [0, 0.05) is 13.0 Å². The molecule has 11 heteroatoms. The number of halogens is 6. The van der Waals surface area contributed by atoms with E-state index in [0.29, 0.717) is 12.8 Å². The Morgan fingerprint density at radius 2 is 1.32 bits per heavy atom. The van der Waals surface area contributed by atoms with Crippen molar-refractivity contribution in [3.8, 4) is 5.75 Å². The summed E-state index contributed by atoms with van der Waals surface area (Å²) in [6.45, 7) is 3.25. The van der Waals surface area contributed by atoms with Crippen LogP contribution in [0.5, 0.6) is 5.75 Å². The number of unbranched alkanes of at least 4 members (excludes halogenated alkanes) is 3. The summed E-state index contributed by atoms with van der Waals surface area (Å²) in [7, 11) is 0. The number of carboxylic acid groups (broad SMARTS) is 1. The van der Waals surface area contributed by atoms with Crippen molar-refractivity contribution in [3.05, 3.63) is 96.1 Å². The predicted molar refractivity (Wildman–Crippen MR) is 145 cm³/mol. The summed E-state index contributed by atoms with van der Waals surface area (Å²) in [5.74, 6) is -19.7. The molecule has 0 aromatic heterocycles. The van der Waals surface area contributed by atoms with Gasteiger partial charge in [-0.3, -0.25) is 0 Å². The standard InChI is InChI=1S/C20H20N2O.C10H14F6O2/c23-20-13-11-19(12-14-20)22(16-18-9-5-2-6-10-18)21-15-17-7-3-1-4-8-17;1-2-3-4-5-6-8(11,12)10(15,16)9(13,14)7(17)18/h1-14,21,23H,15-16H2;2-6H2,1H3,(H,17,18). The zero-order chi connectivity index (χ0) is 30.5. The number of aromatic hydroxyl groups is 1. The Kier molecular flexibility index (Phi) is 12.5. The summed E-state index contributed by atoms with van der Waals surface area (Å²) < 4.78 is 76.8.